The number of hydrogen-bond donors (Lipinski definition) is 0. The molecule has 0 aliphatic carbocycles. The molecule has 5 rings (SSSR count). The summed E-state index contributed by atoms with van der Waals surface area (Å²) in [5.74, 6) is 1.11. The fourth-order valence-electron chi connectivity index (χ4n) is 4.33. The Hall–Kier alpha value is -3.26. The van der Waals surface area contributed by atoms with Gasteiger partial charge in [-0.1, -0.05) is 23.7 Å². The number of hydrogen-bond acceptors (Lipinski definition) is 6. The average Bonchev–Trinajstić information content (AvgIpc) is 3.41. The Bertz CT molecular complexity index is 1320. The second kappa shape index (κ2) is 8.35. The van der Waals surface area contributed by atoms with E-state index in [2.05, 4.69) is 53.0 Å². The van der Waals surface area contributed by atoms with Gasteiger partial charge in [0, 0.05) is 24.0 Å². The van der Waals surface area contributed by atoms with E-state index in [-0.39, 0.29) is 12.1 Å². The number of likely N-dealkylation sites (tertiary alicyclic amines) is 1. The minimum atomic E-state index is -0.133. The zero-order valence-electron chi connectivity index (χ0n) is 18.8. The van der Waals surface area contributed by atoms with E-state index in [1.54, 1.807) is 21.5 Å². The highest BCUT2D eigenvalue weighted by Crippen LogP contribution is 2.22. The SMILES string of the molecule is Cc1ccc(-c2cc3c(=O)n(Cc4noc(CN5CCCC[C@@H]5C)n4)ccn3n2)cc1C. The normalized spacial score (nSPS) is 17.3. The highest BCUT2D eigenvalue weighted by Gasteiger charge is 2.21. The standard InChI is InChI=1S/C24H28N6O2/c1-16-7-8-19(12-17(16)2)20-13-21-24(31)29(10-11-30(21)26-20)14-22-25-23(32-27-22)15-28-9-5-4-6-18(28)3/h7-8,10-13,18H,4-6,9,14-15H2,1-3H3/t18-/m0/s1. The summed E-state index contributed by atoms with van der Waals surface area (Å²) in [6.07, 6.45) is 7.19. The second-order valence-corrected chi connectivity index (χ2v) is 8.81. The molecule has 0 bridgehead atoms. The lowest BCUT2D eigenvalue weighted by molar-refractivity contribution is 0.135. The summed E-state index contributed by atoms with van der Waals surface area (Å²) in [5, 5.41) is 8.69. The molecule has 0 radical (unpaired) electrons. The first kappa shape index (κ1) is 20.6. The predicted octanol–water partition coefficient (Wildman–Crippen LogP) is 3.59. The van der Waals surface area contributed by atoms with Crippen LogP contribution in [0.25, 0.3) is 16.8 Å². The van der Waals surface area contributed by atoms with Crippen LogP contribution in [0.2, 0.25) is 0 Å². The van der Waals surface area contributed by atoms with E-state index in [1.807, 2.05) is 12.1 Å². The lowest BCUT2D eigenvalue weighted by Crippen LogP contribution is -2.36. The molecule has 0 saturated carbocycles. The van der Waals surface area contributed by atoms with Gasteiger partial charge in [0.05, 0.1) is 18.8 Å². The third kappa shape index (κ3) is 3.98. The van der Waals surface area contributed by atoms with E-state index in [9.17, 15) is 4.79 Å². The maximum atomic E-state index is 13.1. The Morgan fingerprint density at radius 2 is 1.97 bits per heavy atom. The number of aromatic nitrogens is 5. The first-order valence-electron chi connectivity index (χ1n) is 11.2. The van der Waals surface area contributed by atoms with Crippen molar-refractivity contribution in [1.82, 2.24) is 29.2 Å². The van der Waals surface area contributed by atoms with Crippen molar-refractivity contribution in [3.05, 3.63) is 69.9 Å². The molecule has 1 aliphatic rings. The number of nitrogens with zero attached hydrogens (tertiary/aromatic N) is 6. The largest absolute Gasteiger partial charge is 0.338 e. The molecule has 0 spiro atoms. The molecule has 32 heavy (non-hydrogen) atoms. The van der Waals surface area contributed by atoms with Gasteiger partial charge in [-0.25, -0.2) is 4.52 Å². The van der Waals surface area contributed by atoms with Gasteiger partial charge >= 0.3 is 0 Å². The van der Waals surface area contributed by atoms with Crippen molar-refractivity contribution in [1.29, 1.82) is 0 Å². The van der Waals surface area contributed by atoms with E-state index in [0.717, 1.165) is 17.8 Å². The van der Waals surface area contributed by atoms with Crippen molar-refractivity contribution in [2.45, 2.75) is 59.2 Å². The molecule has 1 aromatic carbocycles. The Morgan fingerprint density at radius 1 is 1.09 bits per heavy atom. The van der Waals surface area contributed by atoms with Gasteiger partial charge in [-0.3, -0.25) is 9.69 Å². The van der Waals surface area contributed by atoms with Crippen LogP contribution in [0.1, 0.15) is 49.0 Å². The molecule has 0 N–H and O–H groups in total. The fraction of sp³-hybridized carbons (Fsp3) is 0.417. The van der Waals surface area contributed by atoms with Gasteiger partial charge in [-0.2, -0.15) is 10.1 Å². The van der Waals surface area contributed by atoms with E-state index < -0.39 is 0 Å². The van der Waals surface area contributed by atoms with Crippen molar-refractivity contribution in [2.24, 2.45) is 0 Å². The van der Waals surface area contributed by atoms with Gasteiger partial charge in [-0.05, 0) is 63.4 Å². The van der Waals surface area contributed by atoms with E-state index in [4.69, 9.17) is 4.52 Å². The third-order valence-electron chi connectivity index (χ3n) is 6.51. The molecule has 1 atom stereocenters. The van der Waals surface area contributed by atoms with Gasteiger partial charge in [0.2, 0.25) is 5.89 Å². The summed E-state index contributed by atoms with van der Waals surface area (Å²) >= 11 is 0. The zero-order valence-corrected chi connectivity index (χ0v) is 18.8. The summed E-state index contributed by atoms with van der Waals surface area (Å²) in [7, 11) is 0. The molecule has 4 aromatic rings. The van der Waals surface area contributed by atoms with Gasteiger partial charge in [0.15, 0.2) is 5.82 Å². The molecule has 0 amide bonds. The Kier molecular flexibility index (Phi) is 5.38. The average molecular weight is 433 g/mol. The van der Waals surface area contributed by atoms with Crippen LogP contribution >= 0.6 is 0 Å². The van der Waals surface area contributed by atoms with Gasteiger partial charge in [-0.15, -0.1) is 0 Å². The predicted molar refractivity (Wildman–Crippen MR) is 121 cm³/mol. The van der Waals surface area contributed by atoms with Crippen molar-refractivity contribution in [3.63, 3.8) is 0 Å². The van der Waals surface area contributed by atoms with E-state index in [0.29, 0.717) is 29.8 Å². The summed E-state index contributed by atoms with van der Waals surface area (Å²) in [6, 6.07) is 8.57. The maximum Gasteiger partial charge on any atom is 0.277 e. The number of benzene rings is 1. The van der Waals surface area contributed by atoms with Gasteiger partial charge in [0.1, 0.15) is 5.52 Å². The zero-order chi connectivity index (χ0) is 22.2. The summed E-state index contributed by atoms with van der Waals surface area (Å²) in [6.45, 7) is 8.37. The molecule has 8 heteroatoms. The van der Waals surface area contributed by atoms with Crippen molar-refractivity contribution in [2.75, 3.05) is 6.54 Å². The van der Waals surface area contributed by atoms with Crippen molar-refractivity contribution < 1.29 is 4.52 Å². The van der Waals surface area contributed by atoms with Gasteiger partial charge < -0.3 is 9.09 Å². The highest BCUT2D eigenvalue weighted by molar-refractivity contribution is 5.66. The van der Waals surface area contributed by atoms with Crippen LogP contribution < -0.4 is 5.56 Å². The lowest BCUT2D eigenvalue weighted by atomic mass is 10.0. The fourth-order valence-corrected chi connectivity index (χ4v) is 4.33. The number of piperidine rings is 1. The Morgan fingerprint density at radius 3 is 2.78 bits per heavy atom. The van der Waals surface area contributed by atoms with Crippen LogP contribution in [0, 0.1) is 13.8 Å². The van der Waals surface area contributed by atoms with Crippen molar-refractivity contribution in [3.8, 4) is 11.3 Å². The Balaban J connectivity index is 1.37. The van der Waals surface area contributed by atoms with E-state index >= 15 is 0 Å². The topological polar surface area (TPSA) is 81.5 Å². The molecule has 0 unspecified atom stereocenters. The smallest absolute Gasteiger partial charge is 0.277 e. The summed E-state index contributed by atoms with van der Waals surface area (Å²) < 4.78 is 8.69. The van der Waals surface area contributed by atoms with Crippen LogP contribution in [0.3, 0.4) is 0 Å². The third-order valence-corrected chi connectivity index (χ3v) is 6.51. The molecular weight excluding hydrogens is 404 g/mol. The van der Waals surface area contributed by atoms with Crippen LogP contribution in [0.15, 0.2) is 46.0 Å². The second-order valence-electron chi connectivity index (χ2n) is 8.81. The number of fused-ring (bicyclic) bond motifs is 1. The monoisotopic (exact) mass is 432 g/mol. The molecule has 8 nitrogen and oxygen atoms in total. The maximum absolute atomic E-state index is 13.1. The first-order chi connectivity index (χ1) is 15.5. The van der Waals surface area contributed by atoms with Crippen molar-refractivity contribution >= 4 is 5.52 Å². The summed E-state index contributed by atoms with van der Waals surface area (Å²) in [4.78, 5) is 20.0. The number of rotatable bonds is 5. The van der Waals surface area contributed by atoms with Crippen LogP contribution in [-0.4, -0.2) is 41.8 Å². The molecule has 3 aromatic heterocycles. The number of aryl methyl sites for hydroxylation is 2. The quantitative estimate of drug-likeness (QED) is 0.479. The molecule has 1 aliphatic heterocycles. The molecular formula is C24H28N6O2. The molecule has 1 fully saturated rings. The molecule has 1 saturated heterocycles. The lowest BCUT2D eigenvalue weighted by Gasteiger charge is -2.31. The highest BCUT2D eigenvalue weighted by atomic mass is 16.5. The summed E-state index contributed by atoms with van der Waals surface area (Å²) in [5.41, 5.74) is 4.59. The molecule has 4 heterocycles. The van der Waals surface area contributed by atoms with E-state index in [1.165, 1.54) is 30.4 Å². The van der Waals surface area contributed by atoms with Gasteiger partial charge in [0.25, 0.3) is 5.56 Å². The Labute approximate surface area is 186 Å². The first-order valence-corrected chi connectivity index (χ1v) is 11.2. The minimum absolute atomic E-state index is 0.133. The van der Waals surface area contributed by atoms with Crippen LogP contribution in [-0.2, 0) is 13.1 Å². The molecule has 166 valence electrons. The van der Waals surface area contributed by atoms with Crippen LogP contribution in [0.5, 0.6) is 0 Å². The minimum Gasteiger partial charge on any atom is -0.338 e. The van der Waals surface area contributed by atoms with Crippen LogP contribution in [0.4, 0.5) is 0 Å².